The number of pyridine rings is 1. The molecule has 2 rings (SSSR count). The van der Waals surface area contributed by atoms with Gasteiger partial charge in [0.1, 0.15) is 5.82 Å². The van der Waals surface area contributed by atoms with E-state index in [4.69, 9.17) is 28.9 Å². The van der Waals surface area contributed by atoms with Gasteiger partial charge < -0.3 is 10.6 Å². The highest BCUT2D eigenvalue weighted by Gasteiger charge is 2.23. The van der Waals surface area contributed by atoms with E-state index in [-0.39, 0.29) is 0 Å². The Kier molecular flexibility index (Phi) is 3.34. The summed E-state index contributed by atoms with van der Waals surface area (Å²) in [5, 5.41) is 1.18. The van der Waals surface area contributed by atoms with Gasteiger partial charge in [-0.15, -0.1) is 0 Å². The van der Waals surface area contributed by atoms with Crippen molar-refractivity contribution in [1.29, 1.82) is 0 Å². The number of hydrogen-bond acceptors (Lipinski definition) is 3. The van der Waals surface area contributed by atoms with Crippen molar-refractivity contribution < 1.29 is 0 Å². The first-order valence-corrected chi connectivity index (χ1v) is 5.72. The highest BCUT2D eigenvalue weighted by molar-refractivity contribution is 6.36. The van der Waals surface area contributed by atoms with Crippen LogP contribution in [0.4, 0.5) is 5.82 Å². The van der Waals surface area contributed by atoms with Crippen molar-refractivity contribution in [2.24, 2.45) is 11.7 Å². The lowest BCUT2D eigenvalue weighted by molar-refractivity contribution is 0.602. The Bertz CT molecular complexity index is 357. The van der Waals surface area contributed by atoms with Crippen LogP contribution in [0.2, 0.25) is 10.0 Å². The summed E-state index contributed by atoms with van der Waals surface area (Å²) in [6, 6.07) is 1.72. The second-order valence-electron chi connectivity index (χ2n) is 3.80. The van der Waals surface area contributed by atoms with Crippen molar-refractivity contribution in [2.75, 3.05) is 24.5 Å². The van der Waals surface area contributed by atoms with E-state index in [0.717, 1.165) is 31.9 Å². The predicted molar refractivity (Wildman–Crippen MR) is 63.6 cm³/mol. The van der Waals surface area contributed by atoms with Crippen molar-refractivity contribution in [1.82, 2.24) is 4.98 Å². The van der Waals surface area contributed by atoms with Crippen molar-refractivity contribution in [3.8, 4) is 0 Å². The van der Waals surface area contributed by atoms with Crippen molar-refractivity contribution in [3.63, 3.8) is 0 Å². The van der Waals surface area contributed by atoms with Crippen LogP contribution < -0.4 is 10.6 Å². The molecule has 0 spiro atoms. The summed E-state index contributed by atoms with van der Waals surface area (Å²) in [5.74, 6) is 1.37. The molecule has 0 aromatic carbocycles. The van der Waals surface area contributed by atoms with Crippen LogP contribution in [0.25, 0.3) is 0 Å². The molecule has 1 aliphatic heterocycles. The number of nitrogens with two attached hydrogens (primary N) is 1. The number of rotatable bonds is 2. The van der Waals surface area contributed by atoms with Crippen LogP contribution in [0, 0.1) is 5.92 Å². The minimum absolute atomic E-state index is 0.554. The zero-order chi connectivity index (χ0) is 10.8. The average Bonchev–Trinajstić information content (AvgIpc) is 2.66. The molecule has 15 heavy (non-hydrogen) atoms. The van der Waals surface area contributed by atoms with Crippen LogP contribution in [0.15, 0.2) is 12.3 Å². The van der Waals surface area contributed by atoms with E-state index in [0.29, 0.717) is 16.0 Å². The molecule has 1 aromatic rings. The van der Waals surface area contributed by atoms with Gasteiger partial charge in [-0.2, -0.15) is 0 Å². The minimum atomic E-state index is 0.554. The van der Waals surface area contributed by atoms with Crippen LogP contribution in [-0.2, 0) is 0 Å². The van der Waals surface area contributed by atoms with Crippen molar-refractivity contribution in [3.05, 3.63) is 22.3 Å². The molecule has 1 aliphatic rings. The fraction of sp³-hybridized carbons (Fsp3) is 0.500. The van der Waals surface area contributed by atoms with Crippen LogP contribution in [0.1, 0.15) is 6.42 Å². The first-order valence-electron chi connectivity index (χ1n) is 4.96. The number of anilines is 1. The van der Waals surface area contributed by atoms with E-state index in [1.807, 2.05) is 0 Å². The first-order chi connectivity index (χ1) is 7.20. The maximum absolute atomic E-state index is 6.08. The Morgan fingerprint density at radius 3 is 2.93 bits per heavy atom. The van der Waals surface area contributed by atoms with Gasteiger partial charge in [0.2, 0.25) is 0 Å². The van der Waals surface area contributed by atoms with Crippen LogP contribution in [-0.4, -0.2) is 24.6 Å². The van der Waals surface area contributed by atoms with Crippen LogP contribution in [0.3, 0.4) is 0 Å². The van der Waals surface area contributed by atoms with Gasteiger partial charge in [0.25, 0.3) is 0 Å². The second kappa shape index (κ2) is 4.56. The number of nitrogens with zero attached hydrogens (tertiary/aromatic N) is 2. The van der Waals surface area contributed by atoms with Gasteiger partial charge in [-0.1, -0.05) is 23.2 Å². The molecule has 82 valence electrons. The SMILES string of the molecule is NCC1CCN(c2ncc(Cl)cc2Cl)C1. The summed E-state index contributed by atoms with van der Waals surface area (Å²) in [4.78, 5) is 6.41. The molecule has 2 heterocycles. The highest BCUT2D eigenvalue weighted by atomic mass is 35.5. The van der Waals surface area contributed by atoms with Gasteiger partial charge in [-0.05, 0) is 24.9 Å². The normalized spacial score (nSPS) is 21.0. The molecular formula is C10H13Cl2N3. The predicted octanol–water partition coefficient (Wildman–Crippen LogP) is 2.17. The molecular weight excluding hydrogens is 233 g/mol. The van der Waals surface area contributed by atoms with E-state index >= 15 is 0 Å². The van der Waals surface area contributed by atoms with Crippen molar-refractivity contribution >= 4 is 29.0 Å². The van der Waals surface area contributed by atoms with E-state index in [1.54, 1.807) is 12.3 Å². The summed E-state index contributed by atoms with van der Waals surface area (Å²) >= 11 is 11.9. The lowest BCUT2D eigenvalue weighted by Crippen LogP contribution is -2.23. The van der Waals surface area contributed by atoms with Crippen LogP contribution >= 0.6 is 23.2 Å². The molecule has 1 saturated heterocycles. The molecule has 0 radical (unpaired) electrons. The molecule has 3 nitrogen and oxygen atoms in total. The maximum Gasteiger partial charge on any atom is 0.147 e. The molecule has 5 heteroatoms. The highest BCUT2D eigenvalue weighted by Crippen LogP contribution is 2.29. The molecule has 2 N–H and O–H groups in total. The fourth-order valence-electron chi connectivity index (χ4n) is 1.86. The zero-order valence-corrected chi connectivity index (χ0v) is 9.80. The third-order valence-electron chi connectivity index (χ3n) is 2.71. The molecule has 1 fully saturated rings. The summed E-state index contributed by atoms with van der Waals surface area (Å²) in [7, 11) is 0. The second-order valence-corrected chi connectivity index (χ2v) is 4.64. The maximum atomic E-state index is 6.08. The van der Waals surface area contributed by atoms with E-state index < -0.39 is 0 Å². The Hall–Kier alpha value is -0.510. The minimum Gasteiger partial charge on any atom is -0.355 e. The molecule has 1 atom stereocenters. The summed E-state index contributed by atoms with van der Waals surface area (Å²) in [6.07, 6.45) is 2.73. The number of hydrogen-bond donors (Lipinski definition) is 1. The zero-order valence-electron chi connectivity index (χ0n) is 8.29. The molecule has 0 saturated carbocycles. The standard InChI is InChI=1S/C10H13Cl2N3/c11-8-3-9(12)10(14-5-8)15-2-1-7(4-13)6-15/h3,5,7H,1-2,4,6,13H2. The summed E-state index contributed by atoms with van der Waals surface area (Å²) < 4.78 is 0. The monoisotopic (exact) mass is 245 g/mol. The third-order valence-corrected chi connectivity index (χ3v) is 3.19. The molecule has 0 aliphatic carbocycles. The lowest BCUT2D eigenvalue weighted by atomic mass is 10.1. The molecule has 1 unspecified atom stereocenters. The summed E-state index contributed by atoms with van der Waals surface area (Å²) in [5.41, 5.74) is 5.64. The topological polar surface area (TPSA) is 42.1 Å². The van der Waals surface area contributed by atoms with Gasteiger partial charge in [-0.3, -0.25) is 0 Å². The van der Waals surface area contributed by atoms with E-state index in [2.05, 4.69) is 9.88 Å². The first kappa shape index (κ1) is 11.0. The fourth-order valence-corrected chi connectivity index (χ4v) is 2.36. The Morgan fingerprint density at radius 1 is 1.53 bits per heavy atom. The third kappa shape index (κ3) is 2.36. The van der Waals surface area contributed by atoms with Gasteiger partial charge in [0, 0.05) is 19.3 Å². The van der Waals surface area contributed by atoms with E-state index in [9.17, 15) is 0 Å². The van der Waals surface area contributed by atoms with Crippen molar-refractivity contribution in [2.45, 2.75) is 6.42 Å². The van der Waals surface area contributed by atoms with Crippen LogP contribution in [0.5, 0.6) is 0 Å². The average molecular weight is 246 g/mol. The number of aromatic nitrogens is 1. The lowest BCUT2D eigenvalue weighted by Gasteiger charge is -2.18. The van der Waals surface area contributed by atoms with Gasteiger partial charge in [-0.25, -0.2) is 4.98 Å². The molecule has 0 amide bonds. The summed E-state index contributed by atoms with van der Waals surface area (Å²) in [6.45, 7) is 2.63. The Balaban J connectivity index is 2.17. The molecule has 0 bridgehead atoms. The van der Waals surface area contributed by atoms with E-state index in [1.165, 1.54) is 0 Å². The Morgan fingerprint density at radius 2 is 2.33 bits per heavy atom. The molecule has 1 aromatic heterocycles. The smallest absolute Gasteiger partial charge is 0.147 e. The van der Waals surface area contributed by atoms with Gasteiger partial charge >= 0.3 is 0 Å². The quantitative estimate of drug-likeness (QED) is 0.869. The largest absolute Gasteiger partial charge is 0.355 e. The van der Waals surface area contributed by atoms with Gasteiger partial charge in [0.05, 0.1) is 10.0 Å². The van der Waals surface area contributed by atoms with Gasteiger partial charge in [0.15, 0.2) is 0 Å². The number of halogens is 2. The Labute approximate surface area is 99.2 Å².